The molecular formula is C30H30ClF3N8O4. The second-order valence-electron chi connectivity index (χ2n) is 11.6. The molecular weight excluding hydrogens is 629 g/mol. The average Bonchev–Trinajstić information content (AvgIpc) is 3.52. The van der Waals surface area contributed by atoms with E-state index in [1.807, 2.05) is 12.1 Å². The third-order valence-corrected chi connectivity index (χ3v) is 8.60. The van der Waals surface area contributed by atoms with Crippen LogP contribution in [0.25, 0.3) is 0 Å². The molecule has 12 nitrogen and oxygen atoms in total. The molecule has 2 aromatic carbocycles. The predicted molar refractivity (Wildman–Crippen MR) is 161 cm³/mol. The largest absolute Gasteiger partial charge is 0.454 e. The fourth-order valence-corrected chi connectivity index (χ4v) is 5.98. The van der Waals surface area contributed by atoms with Gasteiger partial charge in [0.2, 0.25) is 11.9 Å². The molecule has 1 saturated carbocycles. The first kappa shape index (κ1) is 31.3. The molecule has 2 aliphatic heterocycles. The number of nitrogens with zero attached hydrogens (tertiary/aromatic N) is 5. The van der Waals surface area contributed by atoms with Crippen molar-refractivity contribution < 1.29 is 32.3 Å². The number of ether oxygens (including phenoxy) is 1. The number of halogens is 4. The van der Waals surface area contributed by atoms with Crippen LogP contribution in [-0.4, -0.2) is 88.5 Å². The van der Waals surface area contributed by atoms with E-state index in [9.17, 15) is 27.6 Å². The molecule has 3 fully saturated rings. The number of carbonyl (C=O) groups excluding carboxylic acids is 3. The van der Waals surface area contributed by atoms with Gasteiger partial charge in [0.1, 0.15) is 0 Å². The lowest BCUT2D eigenvalue weighted by molar-refractivity contribution is -0.154. The molecule has 0 spiro atoms. The fraction of sp³-hybridized carbons (Fsp3) is 0.400. The first-order valence-corrected chi connectivity index (χ1v) is 15.0. The number of fused-ring (bicyclic) bond motifs is 1. The summed E-state index contributed by atoms with van der Waals surface area (Å²) in [6.45, 7) is 0.207. The van der Waals surface area contributed by atoms with Gasteiger partial charge in [-0.3, -0.25) is 14.4 Å². The van der Waals surface area contributed by atoms with Crippen molar-refractivity contribution in [3.05, 3.63) is 64.7 Å². The number of nitrogens with one attached hydrogen (secondary N) is 3. The molecule has 3 amide bonds. The van der Waals surface area contributed by atoms with Crippen LogP contribution in [-0.2, 0) is 15.1 Å². The smallest absolute Gasteiger partial charge is 0.422 e. The molecule has 16 heteroatoms. The number of amides is 3. The zero-order valence-electron chi connectivity index (χ0n) is 24.6. The number of likely N-dealkylation sites (N-methyl/N-ethyl adjacent to an activating group) is 1. The number of alkyl halides is 3. The summed E-state index contributed by atoms with van der Waals surface area (Å²) in [5.41, 5.74) is 1.35. The molecule has 242 valence electrons. The van der Waals surface area contributed by atoms with Gasteiger partial charge in [0.05, 0.1) is 5.54 Å². The first-order chi connectivity index (χ1) is 21.9. The number of anilines is 3. The Morgan fingerprint density at radius 1 is 0.913 bits per heavy atom. The Kier molecular flexibility index (Phi) is 8.35. The van der Waals surface area contributed by atoms with Crippen LogP contribution in [0.2, 0.25) is 5.02 Å². The molecule has 6 rings (SSSR count). The Morgan fingerprint density at radius 3 is 2.11 bits per heavy atom. The molecule has 2 atom stereocenters. The summed E-state index contributed by atoms with van der Waals surface area (Å²) in [6.07, 6.45) is -3.09. The van der Waals surface area contributed by atoms with Crippen molar-refractivity contribution >= 4 is 46.9 Å². The summed E-state index contributed by atoms with van der Waals surface area (Å²) in [7, 11) is 1.41. The lowest BCUT2D eigenvalue weighted by Gasteiger charge is -2.21. The van der Waals surface area contributed by atoms with E-state index in [0.717, 1.165) is 18.4 Å². The van der Waals surface area contributed by atoms with Crippen LogP contribution in [0.4, 0.5) is 30.8 Å². The summed E-state index contributed by atoms with van der Waals surface area (Å²) in [6, 6.07) is 13.3. The summed E-state index contributed by atoms with van der Waals surface area (Å²) in [4.78, 5) is 52.9. The van der Waals surface area contributed by atoms with Crippen molar-refractivity contribution in [2.24, 2.45) is 11.8 Å². The maximum absolute atomic E-state index is 13.2. The van der Waals surface area contributed by atoms with Crippen LogP contribution in [0.15, 0.2) is 48.5 Å². The van der Waals surface area contributed by atoms with Gasteiger partial charge in [0, 0.05) is 61.3 Å². The maximum atomic E-state index is 13.2. The molecule has 0 radical (unpaired) electrons. The quantitative estimate of drug-likeness (QED) is 0.310. The minimum Gasteiger partial charge on any atom is -0.454 e. The highest BCUT2D eigenvalue weighted by Crippen LogP contribution is 2.48. The van der Waals surface area contributed by atoms with Crippen molar-refractivity contribution in [1.29, 1.82) is 0 Å². The summed E-state index contributed by atoms with van der Waals surface area (Å²) in [5.74, 6) is -1.22. The summed E-state index contributed by atoms with van der Waals surface area (Å²) in [5, 5.41) is 9.10. The number of rotatable bonds is 8. The Labute approximate surface area is 266 Å². The van der Waals surface area contributed by atoms with E-state index >= 15 is 0 Å². The molecule has 1 aromatic heterocycles. The molecule has 3 N–H and O–H groups in total. The lowest BCUT2D eigenvalue weighted by atomic mass is 10.0. The Hall–Kier alpha value is -4.66. The van der Waals surface area contributed by atoms with Crippen molar-refractivity contribution in [1.82, 2.24) is 30.1 Å². The molecule has 1 aliphatic carbocycles. The van der Waals surface area contributed by atoms with E-state index in [-0.39, 0.29) is 29.6 Å². The maximum Gasteiger partial charge on any atom is 0.422 e. The Morgan fingerprint density at radius 2 is 1.52 bits per heavy atom. The van der Waals surface area contributed by atoms with Crippen LogP contribution >= 0.6 is 11.6 Å². The first-order valence-electron chi connectivity index (χ1n) is 14.6. The number of carbonyl (C=O) groups is 3. The van der Waals surface area contributed by atoms with E-state index in [1.165, 1.54) is 11.9 Å². The van der Waals surface area contributed by atoms with Crippen molar-refractivity contribution in [3.8, 4) is 6.01 Å². The fourth-order valence-electron chi connectivity index (χ4n) is 5.86. The molecule has 46 heavy (non-hydrogen) atoms. The minimum absolute atomic E-state index is 0.0316. The monoisotopic (exact) mass is 658 g/mol. The summed E-state index contributed by atoms with van der Waals surface area (Å²) >= 11 is 6.03. The summed E-state index contributed by atoms with van der Waals surface area (Å²) < 4.78 is 43.5. The number of hydrogen-bond donors (Lipinski definition) is 3. The third-order valence-electron chi connectivity index (χ3n) is 8.35. The van der Waals surface area contributed by atoms with Crippen LogP contribution < -0.4 is 20.7 Å². The third kappa shape index (κ3) is 6.93. The second kappa shape index (κ2) is 12.3. The number of aromatic nitrogens is 3. The van der Waals surface area contributed by atoms with E-state index in [0.29, 0.717) is 42.5 Å². The van der Waals surface area contributed by atoms with Crippen molar-refractivity contribution in [2.75, 3.05) is 50.5 Å². The van der Waals surface area contributed by atoms with Gasteiger partial charge in [-0.15, -0.1) is 0 Å². The van der Waals surface area contributed by atoms with Crippen LogP contribution in [0.3, 0.4) is 0 Å². The van der Waals surface area contributed by atoms with Crippen LogP contribution in [0.1, 0.15) is 28.8 Å². The van der Waals surface area contributed by atoms with Gasteiger partial charge in [-0.05, 0) is 54.8 Å². The van der Waals surface area contributed by atoms with Crippen LogP contribution in [0, 0.1) is 11.8 Å². The van der Waals surface area contributed by atoms with Crippen molar-refractivity contribution in [2.45, 2.75) is 24.6 Å². The molecule has 3 heterocycles. The lowest BCUT2D eigenvalue weighted by Crippen LogP contribution is -2.42. The number of likely N-dealkylation sites (tertiary alicyclic amines) is 2. The number of hydrogen-bond acceptors (Lipinski definition) is 9. The van der Waals surface area contributed by atoms with E-state index in [1.54, 1.807) is 41.3 Å². The molecule has 2 unspecified atom stereocenters. The molecule has 3 aromatic rings. The highest BCUT2D eigenvalue weighted by molar-refractivity contribution is 6.35. The highest BCUT2D eigenvalue weighted by Gasteiger charge is 2.46. The Balaban J connectivity index is 1.12. The number of benzene rings is 2. The van der Waals surface area contributed by atoms with Crippen LogP contribution in [0.5, 0.6) is 6.01 Å². The van der Waals surface area contributed by atoms with Gasteiger partial charge in [-0.2, -0.15) is 28.1 Å². The van der Waals surface area contributed by atoms with Gasteiger partial charge in [0.25, 0.3) is 5.91 Å². The standard InChI is InChI=1S/C30H30ClF3N8O4/c1-35-23(43)25(45)42-14-18-12-41(13-19(18)15-42)24(44)17-2-8-22(9-3-17)36-26-37-27(39-28(38-26)46-16-30(32,33)34)40-29(10-11-29)20-4-6-21(31)7-5-20/h2-9,18-19H,10-16H2,1H3,(H,35,43)(H2,36,37,38,39,40). The van der Waals surface area contributed by atoms with Gasteiger partial charge >= 0.3 is 24.0 Å². The topological polar surface area (TPSA) is 142 Å². The SMILES string of the molecule is CNC(=O)C(=O)N1CC2CN(C(=O)c3ccc(Nc4nc(NC5(c6ccc(Cl)cc6)CC5)nc(OCC(F)(F)F)n4)cc3)CC2C1. The van der Waals surface area contributed by atoms with Gasteiger partial charge in [-0.25, -0.2) is 0 Å². The Bertz CT molecular complexity index is 1620. The molecule has 2 saturated heterocycles. The van der Waals surface area contributed by atoms with Gasteiger partial charge in [-0.1, -0.05) is 23.7 Å². The molecule has 3 aliphatic rings. The van der Waals surface area contributed by atoms with E-state index in [2.05, 4.69) is 30.9 Å². The molecule has 0 bridgehead atoms. The van der Waals surface area contributed by atoms with Crippen molar-refractivity contribution in [3.63, 3.8) is 0 Å². The zero-order valence-corrected chi connectivity index (χ0v) is 25.4. The minimum atomic E-state index is -4.59. The van der Waals surface area contributed by atoms with E-state index < -0.39 is 36.1 Å². The normalized spacial score (nSPS) is 19.8. The predicted octanol–water partition coefficient (Wildman–Crippen LogP) is 3.59. The van der Waals surface area contributed by atoms with Gasteiger partial charge < -0.3 is 30.5 Å². The zero-order chi connectivity index (χ0) is 32.6. The second-order valence-corrected chi connectivity index (χ2v) is 12.0. The van der Waals surface area contributed by atoms with E-state index in [4.69, 9.17) is 16.3 Å². The van der Waals surface area contributed by atoms with Gasteiger partial charge in [0.15, 0.2) is 6.61 Å². The average molecular weight is 659 g/mol. The highest BCUT2D eigenvalue weighted by atomic mass is 35.5.